The monoisotopic (exact) mass is 279 g/mol. The van der Waals surface area contributed by atoms with E-state index in [1.165, 1.54) is 0 Å². The molecule has 0 fully saturated rings. The number of aliphatic hydroxyl groups excluding tert-OH is 1. The van der Waals surface area contributed by atoms with Crippen LogP contribution in [0.3, 0.4) is 0 Å². The van der Waals surface area contributed by atoms with Crippen molar-refractivity contribution in [2.75, 3.05) is 13.2 Å². The maximum atomic E-state index is 12.4. The normalized spacial score (nSPS) is 13.1. The largest absolute Gasteiger partial charge is 0.486 e. The number of rotatable bonds is 5. The second-order valence-electron chi connectivity index (χ2n) is 4.04. The van der Waals surface area contributed by atoms with E-state index in [9.17, 15) is 23.3 Å². The molecule has 0 aliphatic carbocycles. The van der Waals surface area contributed by atoms with E-state index in [4.69, 9.17) is 9.84 Å². The van der Waals surface area contributed by atoms with Crippen LogP contribution in [0.1, 0.15) is 12.5 Å². The first-order valence-corrected chi connectivity index (χ1v) is 5.35. The summed E-state index contributed by atoms with van der Waals surface area (Å²) < 4.78 is 42.4. The lowest BCUT2D eigenvalue weighted by atomic mass is 10.1. The number of nitro groups is 1. The van der Waals surface area contributed by atoms with Crippen LogP contribution in [-0.2, 0) is 6.18 Å². The maximum absolute atomic E-state index is 12.4. The van der Waals surface area contributed by atoms with Crippen molar-refractivity contribution in [2.24, 2.45) is 5.92 Å². The predicted octanol–water partition coefficient (Wildman–Crippen LogP) is 2.62. The number of halogens is 3. The Labute approximate surface area is 106 Å². The molecular formula is C11H12F3NO4. The number of hydrogen-bond donors (Lipinski definition) is 1. The van der Waals surface area contributed by atoms with Crippen LogP contribution in [0, 0.1) is 16.0 Å². The van der Waals surface area contributed by atoms with Gasteiger partial charge in [-0.15, -0.1) is 0 Å². The SMILES string of the molecule is C[C@@H](CO)COc1ccc(C(F)(F)F)cc1[N+](=O)[O-]. The van der Waals surface area contributed by atoms with Gasteiger partial charge < -0.3 is 9.84 Å². The molecule has 1 aromatic rings. The average molecular weight is 279 g/mol. The molecule has 1 atom stereocenters. The minimum Gasteiger partial charge on any atom is -0.486 e. The Hall–Kier alpha value is -1.83. The summed E-state index contributed by atoms with van der Waals surface area (Å²) in [7, 11) is 0. The molecule has 5 nitrogen and oxygen atoms in total. The van der Waals surface area contributed by atoms with Crippen molar-refractivity contribution in [3.63, 3.8) is 0 Å². The molecule has 0 spiro atoms. The third-order valence-corrected chi connectivity index (χ3v) is 2.32. The molecule has 0 aliphatic heterocycles. The fraction of sp³-hybridized carbons (Fsp3) is 0.455. The smallest absolute Gasteiger partial charge is 0.416 e. The van der Waals surface area contributed by atoms with Gasteiger partial charge in [0.05, 0.1) is 17.1 Å². The lowest BCUT2D eigenvalue weighted by Gasteiger charge is -2.12. The summed E-state index contributed by atoms with van der Waals surface area (Å²) in [6.45, 7) is 1.42. The topological polar surface area (TPSA) is 72.6 Å². The first-order chi connectivity index (χ1) is 8.75. The van der Waals surface area contributed by atoms with Gasteiger partial charge in [0.15, 0.2) is 5.75 Å². The van der Waals surface area contributed by atoms with E-state index in [0.717, 1.165) is 6.07 Å². The quantitative estimate of drug-likeness (QED) is 0.664. The van der Waals surface area contributed by atoms with Gasteiger partial charge in [-0.25, -0.2) is 0 Å². The van der Waals surface area contributed by atoms with E-state index in [-0.39, 0.29) is 24.9 Å². The van der Waals surface area contributed by atoms with E-state index >= 15 is 0 Å². The lowest BCUT2D eigenvalue weighted by molar-refractivity contribution is -0.386. The van der Waals surface area contributed by atoms with Crippen LogP contribution >= 0.6 is 0 Å². The van der Waals surface area contributed by atoms with Crippen molar-refractivity contribution in [3.8, 4) is 5.75 Å². The highest BCUT2D eigenvalue weighted by Crippen LogP contribution is 2.36. The number of hydrogen-bond acceptors (Lipinski definition) is 4. The van der Waals surface area contributed by atoms with Crippen molar-refractivity contribution in [3.05, 3.63) is 33.9 Å². The van der Waals surface area contributed by atoms with Crippen molar-refractivity contribution in [2.45, 2.75) is 13.1 Å². The fourth-order valence-electron chi connectivity index (χ4n) is 1.24. The zero-order chi connectivity index (χ0) is 14.6. The molecule has 0 amide bonds. The summed E-state index contributed by atoms with van der Waals surface area (Å²) in [5.41, 5.74) is -1.86. The molecule has 0 saturated carbocycles. The average Bonchev–Trinajstić information content (AvgIpc) is 2.34. The molecule has 0 aliphatic rings. The highest BCUT2D eigenvalue weighted by Gasteiger charge is 2.33. The molecule has 0 radical (unpaired) electrons. The van der Waals surface area contributed by atoms with Gasteiger partial charge in [0.25, 0.3) is 0 Å². The highest BCUT2D eigenvalue weighted by molar-refractivity contribution is 5.49. The van der Waals surface area contributed by atoms with Gasteiger partial charge >= 0.3 is 11.9 Å². The van der Waals surface area contributed by atoms with Crippen LogP contribution in [0.4, 0.5) is 18.9 Å². The van der Waals surface area contributed by atoms with E-state index in [0.29, 0.717) is 12.1 Å². The van der Waals surface area contributed by atoms with Crippen molar-refractivity contribution < 1.29 is 27.9 Å². The molecule has 8 heteroatoms. The second-order valence-corrected chi connectivity index (χ2v) is 4.04. The Kier molecular flexibility index (Phi) is 4.71. The third kappa shape index (κ3) is 4.09. The van der Waals surface area contributed by atoms with Gasteiger partial charge in [0.1, 0.15) is 0 Å². The summed E-state index contributed by atoms with van der Waals surface area (Å²) in [6, 6.07) is 2.05. The highest BCUT2D eigenvalue weighted by atomic mass is 19.4. The first-order valence-electron chi connectivity index (χ1n) is 5.35. The molecule has 1 N–H and O–H groups in total. The molecule has 1 rings (SSSR count). The van der Waals surface area contributed by atoms with Crippen molar-refractivity contribution >= 4 is 5.69 Å². The van der Waals surface area contributed by atoms with Crippen LogP contribution in [0.15, 0.2) is 18.2 Å². The molecule has 0 heterocycles. The maximum Gasteiger partial charge on any atom is 0.416 e. The minimum atomic E-state index is -4.65. The van der Waals surface area contributed by atoms with Gasteiger partial charge in [-0.2, -0.15) is 13.2 Å². The van der Waals surface area contributed by atoms with Crippen LogP contribution in [0.5, 0.6) is 5.75 Å². The van der Waals surface area contributed by atoms with E-state index in [1.54, 1.807) is 6.92 Å². The van der Waals surface area contributed by atoms with Crippen molar-refractivity contribution in [1.82, 2.24) is 0 Å². The van der Waals surface area contributed by atoms with Crippen molar-refractivity contribution in [1.29, 1.82) is 0 Å². The predicted molar refractivity (Wildman–Crippen MR) is 59.8 cm³/mol. The molecule has 0 saturated heterocycles. The number of ether oxygens (including phenoxy) is 1. The Balaban J connectivity index is 3.02. The van der Waals surface area contributed by atoms with Gasteiger partial charge in [-0.3, -0.25) is 10.1 Å². The van der Waals surface area contributed by atoms with Gasteiger partial charge in [0.2, 0.25) is 0 Å². The van der Waals surface area contributed by atoms with E-state index in [1.807, 2.05) is 0 Å². The van der Waals surface area contributed by atoms with Gasteiger partial charge in [-0.1, -0.05) is 6.92 Å². The van der Waals surface area contributed by atoms with Gasteiger partial charge in [-0.05, 0) is 12.1 Å². The standard InChI is InChI=1S/C11H12F3NO4/c1-7(5-16)6-19-10-3-2-8(11(12,13)14)4-9(10)15(17)18/h2-4,7,16H,5-6H2,1H3/t7-/m0/s1. The molecular weight excluding hydrogens is 267 g/mol. The molecule has 0 bridgehead atoms. The van der Waals surface area contributed by atoms with E-state index in [2.05, 4.69) is 0 Å². The lowest BCUT2D eigenvalue weighted by Crippen LogP contribution is -2.13. The summed E-state index contributed by atoms with van der Waals surface area (Å²) in [4.78, 5) is 9.79. The zero-order valence-corrected chi connectivity index (χ0v) is 9.98. The van der Waals surface area contributed by atoms with Gasteiger partial charge in [0, 0.05) is 18.6 Å². The van der Waals surface area contributed by atoms with E-state index < -0.39 is 22.4 Å². The van der Waals surface area contributed by atoms with Crippen LogP contribution < -0.4 is 4.74 Å². The Morgan fingerprint density at radius 3 is 2.58 bits per heavy atom. The number of aliphatic hydroxyl groups is 1. The molecule has 106 valence electrons. The minimum absolute atomic E-state index is 0.0251. The number of nitro benzene ring substituents is 1. The number of benzene rings is 1. The van der Waals surface area contributed by atoms with Crippen LogP contribution in [0.25, 0.3) is 0 Å². The second kappa shape index (κ2) is 5.87. The molecule has 19 heavy (non-hydrogen) atoms. The summed E-state index contributed by atoms with van der Waals surface area (Å²) in [5.74, 6) is -0.528. The molecule has 0 unspecified atom stereocenters. The zero-order valence-electron chi connectivity index (χ0n) is 9.98. The molecule has 1 aromatic carbocycles. The third-order valence-electron chi connectivity index (χ3n) is 2.32. The summed E-state index contributed by atoms with van der Waals surface area (Å²) in [5, 5.41) is 19.5. The number of nitrogens with zero attached hydrogens (tertiary/aromatic N) is 1. The van der Waals surface area contributed by atoms with Crippen LogP contribution in [-0.4, -0.2) is 23.2 Å². The number of alkyl halides is 3. The summed E-state index contributed by atoms with van der Waals surface area (Å²) >= 11 is 0. The summed E-state index contributed by atoms with van der Waals surface area (Å²) in [6.07, 6.45) is -4.65. The Morgan fingerprint density at radius 2 is 2.11 bits per heavy atom. The Morgan fingerprint density at radius 1 is 1.47 bits per heavy atom. The fourth-order valence-corrected chi connectivity index (χ4v) is 1.24. The Bertz CT molecular complexity index is 462. The first kappa shape index (κ1) is 15.2. The van der Waals surface area contributed by atoms with Crippen LogP contribution in [0.2, 0.25) is 0 Å². The molecule has 0 aromatic heterocycles.